The number of benzene rings is 2. The fraction of sp³-hybridized carbons (Fsp3) is 0.0714. The second-order valence-corrected chi connectivity index (χ2v) is 5.67. The topological polar surface area (TPSA) is 45.1 Å². The summed E-state index contributed by atoms with van der Waals surface area (Å²) < 4.78 is 1.09. The van der Waals surface area contributed by atoms with Crippen LogP contribution in [0.4, 0.5) is 5.69 Å². The highest BCUT2D eigenvalue weighted by molar-refractivity contribution is 7.18. The van der Waals surface area contributed by atoms with E-state index in [-0.39, 0.29) is 5.75 Å². The Labute approximate surface area is 119 Å². The summed E-state index contributed by atoms with van der Waals surface area (Å²) in [7, 11) is 0. The number of fused-ring (bicyclic) bond motifs is 1. The highest BCUT2D eigenvalue weighted by Gasteiger charge is 2.04. The summed E-state index contributed by atoms with van der Waals surface area (Å²) in [5, 5.41) is 14.2. The van der Waals surface area contributed by atoms with Crippen molar-refractivity contribution in [3.05, 3.63) is 52.5 Å². The Hall–Kier alpha value is -1.78. The molecule has 2 aromatic carbocycles. The lowest BCUT2D eigenvalue weighted by atomic mass is 10.3. The normalized spacial score (nSPS) is 10.8. The van der Waals surface area contributed by atoms with Gasteiger partial charge in [-0.1, -0.05) is 11.6 Å². The summed E-state index contributed by atoms with van der Waals surface area (Å²) in [5.41, 5.74) is 1.92. The monoisotopic (exact) mass is 290 g/mol. The van der Waals surface area contributed by atoms with Gasteiger partial charge in [-0.25, -0.2) is 4.98 Å². The van der Waals surface area contributed by atoms with E-state index in [1.54, 1.807) is 23.5 Å². The SMILES string of the molecule is Oc1ccc(NCc2nc3ccc(Cl)cc3s2)cc1. The Kier molecular flexibility index (Phi) is 3.27. The summed E-state index contributed by atoms with van der Waals surface area (Å²) in [6.45, 7) is 0.655. The number of aromatic hydroxyl groups is 1. The van der Waals surface area contributed by atoms with Gasteiger partial charge >= 0.3 is 0 Å². The molecule has 19 heavy (non-hydrogen) atoms. The minimum Gasteiger partial charge on any atom is -0.508 e. The number of halogens is 1. The van der Waals surface area contributed by atoms with Crippen LogP contribution in [0.3, 0.4) is 0 Å². The molecule has 0 atom stereocenters. The van der Waals surface area contributed by atoms with E-state index in [4.69, 9.17) is 11.6 Å². The van der Waals surface area contributed by atoms with Gasteiger partial charge in [0.1, 0.15) is 10.8 Å². The molecule has 5 heteroatoms. The largest absolute Gasteiger partial charge is 0.508 e. The van der Waals surface area contributed by atoms with Crippen molar-refractivity contribution in [3.63, 3.8) is 0 Å². The molecule has 0 radical (unpaired) electrons. The molecule has 0 aliphatic rings. The zero-order valence-electron chi connectivity index (χ0n) is 9.93. The number of thiazole rings is 1. The Morgan fingerprint density at radius 2 is 1.95 bits per heavy atom. The predicted octanol–water partition coefficient (Wildman–Crippen LogP) is 4.27. The third-order valence-corrected chi connectivity index (χ3v) is 3.96. The van der Waals surface area contributed by atoms with Crippen molar-refractivity contribution >= 4 is 38.8 Å². The van der Waals surface area contributed by atoms with Crippen LogP contribution in [0.2, 0.25) is 5.02 Å². The number of hydrogen-bond donors (Lipinski definition) is 2. The molecule has 0 aliphatic heterocycles. The van der Waals surface area contributed by atoms with Gasteiger partial charge in [-0.05, 0) is 42.5 Å². The van der Waals surface area contributed by atoms with E-state index < -0.39 is 0 Å². The maximum atomic E-state index is 9.21. The van der Waals surface area contributed by atoms with E-state index in [0.717, 1.165) is 25.9 Å². The molecule has 1 aromatic heterocycles. The number of aromatic nitrogens is 1. The summed E-state index contributed by atoms with van der Waals surface area (Å²) >= 11 is 7.58. The second-order valence-electron chi connectivity index (χ2n) is 4.12. The first-order valence-electron chi connectivity index (χ1n) is 5.78. The van der Waals surface area contributed by atoms with E-state index >= 15 is 0 Å². The van der Waals surface area contributed by atoms with Crippen molar-refractivity contribution in [2.75, 3.05) is 5.32 Å². The molecule has 0 saturated heterocycles. The highest BCUT2D eigenvalue weighted by Crippen LogP contribution is 2.25. The van der Waals surface area contributed by atoms with Crippen LogP contribution >= 0.6 is 22.9 Å². The van der Waals surface area contributed by atoms with Crippen LogP contribution in [0.15, 0.2) is 42.5 Å². The minimum absolute atomic E-state index is 0.264. The second kappa shape index (κ2) is 5.07. The molecule has 3 aromatic rings. The molecule has 2 N–H and O–H groups in total. The highest BCUT2D eigenvalue weighted by atomic mass is 35.5. The summed E-state index contributed by atoms with van der Waals surface area (Å²) in [6.07, 6.45) is 0. The molecule has 3 rings (SSSR count). The number of phenols is 1. The first kappa shape index (κ1) is 12.3. The third-order valence-electron chi connectivity index (χ3n) is 2.71. The number of nitrogens with one attached hydrogen (secondary N) is 1. The smallest absolute Gasteiger partial charge is 0.115 e. The standard InChI is InChI=1S/C14H11ClN2OS/c15-9-1-6-12-13(7-9)19-14(17-12)8-16-10-2-4-11(18)5-3-10/h1-7,16,18H,8H2. The van der Waals surface area contributed by atoms with Gasteiger partial charge in [0, 0.05) is 10.7 Å². The van der Waals surface area contributed by atoms with Crippen LogP contribution in [-0.2, 0) is 6.54 Å². The molecule has 0 aliphatic carbocycles. The molecule has 0 spiro atoms. The number of nitrogens with zero attached hydrogens (tertiary/aromatic N) is 1. The lowest BCUT2D eigenvalue weighted by Gasteiger charge is -2.03. The lowest BCUT2D eigenvalue weighted by Crippen LogP contribution is -1.98. The van der Waals surface area contributed by atoms with Gasteiger partial charge in [0.15, 0.2) is 0 Å². The van der Waals surface area contributed by atoms with Crippen LogP contribution in [0.5, 0.6) is 5.75 Å². The number of phenolic OH excluding ortho intramolecular Hbond substituents is 1. The summed E-state index contributed by atoms with van der Waals surface area (Å²) in [6, 6.07) is 12.7. The number of hydrogen-bond acceptors (Lipinski definition) is 4. The first-order valence-corrected chi connectivity index (χ1v) is 6.98. The van der Waals surface area contributed by atoms with Crippen LogP contribution in [0.25, 0.3) is 10.2 Å². The molecule has 0 fully saturated rings. The van der Waals surface area contributed by atoms with Gasteiger partial charge in [-0.2, -0.15) is 0 Å². The molecule has 0 amide bonds. The van der Waals surface area contributed by atoms with Gasteiger partial charge in [0.2, 0.25) is 0 Å². The van der Waals surface area contributed by atoms with Crippen molar-refractivity contribution in [1.29, 1.82) is 0 Å². The molecule has 96 valence electrons. The number of rotatable bonds is 3. The van der Waals surface area contributed by atoms with E-state index in [1.807, 2.05) is 30.3 Å². The van der Waals surface area contributed by atoms with E-state index in [9.17, 15) is 5.11 Å². The Morgan fingerprint density at radius 1 is 1.16 bits per heavy atom. The van der Waals surface area contributed by atoms with Crippen LogP contribution < -0.4 is 5.32 Å². The third kappa shape index (κ3) is 2.80. The average molecular weight is 291 g/mol. The van der Waals surface area contributed by atoms with Crippen molar-refractivity contribution in [2.24, 2.45) is 0 Å². The van der Waals surface area contributed by atoms with Crippen molar-refractivity contribution < 1.29 is 5.11 Å². The van der Waals surface area contributed by atoms with Crippen molar-refractivity contribution in [3.8, 4) is 5.75 Å². The molecule has 0 unspecified atom stereocenters. The Bertz CT molecular complexity index is 709. The van der Waals surface area contributed by atoms with Gasteiger partial charge in [-0.15, -0.1) is 11.3 Å². The molecule has 3 nitrogen and oxygen atoms in total. The van der Waals surface area contributed by atoms with Crippen molar-refractivity contribution in [1.82, 2.24) is 4.98 Å². The van der Waals surface area contributed by atoms with Crippen LogP contribution in [-0.4, -0.2) is 10.1 Å². The van der Waals surface area contributed by atoms with Gasteiger partial charge in [0.25, 0.3) is 0 Å². The summed E-state index contributed by atoms with van der Waals surface area (Å²) in [4.78, 5) is 4.53. The van der Waals surface area contributed by atoms with Gasteiger partial charge in [0.05, 0.1) is 16.8 Å². The number of anilines is 1. The molecule has 1 heterocycles. The predicted molar refractivity (Wildman–Crippen MR) is 80.1 cm³/mol. The van der Waals surface area contributed by atoms with Crippen LogP contribution in [0, 0.1) is 0 Å². The maximum absolute atomic E-state index is 9.21. The van der Waals surface area contributed by atoms with Gasteiger partial charge < -0.3 is 10.4 Å². The van der Waals surface area contributed by atoms with E-state index in [2.05, 4.69) is 10.3 Å². The zero-order valence-corrected chi connectivity index (χ0v) is 11.5. The fourth-order valence-corrected chi connectivity index (χ4v) is 2.96. The van der Waals surface area contributed by atoms with Crippen molar-refractivity contribution in [2.45, 2.75) is 6.54 Å². The molecular weight excluding hydrogens is 280 g/mol. The Morgan fingerprint density at radius 3 is 2.74 bits per heavy atom. The minimum atomic E-state index is 0.264. The molecule has 0 bridgehead atoms. The average Bonchev–Trinajstić information content (AvgIpc) is 2.80. The van der Waals surface area contributed by atoms with Crippen LogP contribution in [0.1, 0.15) is 5.01 Å². The van der Waals surface area contributed by atoms with E-state index in [1.165, 1.54) is 0 Å². The molecule has 0 saturated carbocycles. The first-order chi connectivity index (χ1) is 9.20. The maximum Gasteiger partial charge on any atom is 0.115 e. The fourth-order valence-electron chi connectivity index (χ4n) is 1.78. The Balaban J connectivity index is 1.76. The van der Waals surface area contributed by atoms with Gasteiger partial charge in [-0.3, -0.25) is 0 Å². The zero-order chi connectivity index (χ0) is 13.2. The lowest BCUT2D eigenvalue weighted by molar-refractivity contribution is 0.475. The van der Waals surface area contributed by atoms with E-state index in [0.29, 0.717) is 6.54 Å². The molecular formula is C14H11ClN2OS. The quantitative estimate of drug-likeness (QED) is 0.708. The summed E-state index contributed by atoms with van der Waals surface area (Å²) in [5.74, 6) is 0.264.